The van der Waals surface area contributed by atoms with E-state index in [2.05, 4.69) is 12.2 Å². The second-order valence-corrected chi connectivity index (χ2v) is 5.48. The Morgan fingerprint density at radius 1 is 1.06 bits per heavy atom. The molecule has 1 aliphatic heterocycles. The van der Waals surface area contributed by atoms with Gasteiger partial charge in [-0.1, -0.05) is 58.3 Å². The van der Waals surface area contributed by atoms with Gasteiger partial charge in [0.15, 0.2) is 0 Å². The van der Waals surface area contributed by atoms with E-state index < -0.39 is 6.17 Å². The van der Waals surface area contributed by atoms with Gasteiger partial charge < -0.3 is 5.32 Å². The molecule has 0 aromatic carbocycles. The smallest absolute Gasteiger partial charge is 0.115 e. The fraction of sp³-hybridized carbons (Fsp3) is 1.00. The second kappa shape index (κ2) is 9.87. The van der Waals surface area contributed by atoms with Crippen LogP contribution in [-0.4, -0.2) is 18.8 Å². The summed E-state index contributed by atoms with van der Waals surface area (Å²) in [5.41, 5.74) is 0. The van der Waals surface area contributed by atoms with Crippen molar-refractivity contribution in [2.75, 3.05) is 6.54 Å². The van der Waals surface area contributed by atoms with Crippen LogP contribution in [0.4, 0.5) is 4.39 Å². The molecule has 0 aromatic rings. The van der Waals surface area contributed by atoms with Crippen LogP contribution in [0.25, 0.3) is 0 Å². The molecule has 1 aliphatic rings. The molecule has 17 heavy (non-hydrogen) atoms. The lowest BCUT2D eigenvalue weighted by molar-refractivity contribution is 0.243. The van der Waals surface area contributed by atoms with Crippen LogP contribution in [-0.2, 0) is 0 Å². The molecule has 2 atom stereocenters. The van der Waals surface area contributed by atoms with E-state index in [4.69, 9.17) is 0 Å². The van der Waals surface area contributed by atoms with Gasteiger partial charge in [-0.3, -0.25) is 0 Å². The molecule has 1 N–H and O–H groups in total. The molecule has 1 rings (SSSR count). The van der Waals surface area contributed by atoms with Crippen molar-refractivity contribution in [1.82, 2.24) is 5.32 Å². The average molecular weight is 243 g/mol. The summed E-state index contributed by atoms with van der Waals surface area (Å²) in [6.45, 7) is 3.26. The van der Waals surface area contributed by atoms with Gasteiger partial charge in [0.2, 0.25) is 0 Å². The monoisotopic (exact) mass is 243 g/mol. The maximum absolute atomic E-state index is 13.7. The summed E-state index contributed by atoms with van der Waals surface area (Å²) in [5.74, 6) is 0. The zero-order valence-electron chi connectivity index (χ0n) is 11.5. The van der Waals surface area contributed by atoms with Crippen LogP contribution in [0.15, 0.2) is 0 Å². The normalized spacial score (nSPS) is 21.9. The largest absolute Gasteiger partial charge is 0.311 e. The van der Waals surface area contributed by atoms with Gasteiger partial charge in [-0.15, -0.1) is 0 Å². The predicted molar refractivity (Wildman–Crippen MR) is 73.1 cm³/mol. The lowest BCUT2D eigenvalue weighted by atomic mass is 10.0. The van der Waals surface area contributed by atoms with Gasteiger partial charge >= 0.3 is 0 Å². The quantitative estimate of drug-likeness (QED) is 0.553. The molecule has 1 heterocycles. The first-order valence-electron chi connectivity index (χ1n) is 7.72. The molecule has 1 fully saturated rings. The van der Waals surface area contributed by atoms with Gasteiger partial charge in [-0.25, -0.2) is 4.39 Å². The number of alkyl halides is 1. The van der Waals surface area contributed by atoms with Crippen molar-refractivity contribution in [2.24, 2.45) is 0 Å². The molecule has 2 heteroatoms. The topological polar surface area (TPSA) is 12.0 Å². The average Bonchev–Trinajstić information content (AvgIpc) is 2.86. The third kappa shape index (κ3) is 7.03. The van der Waals surface area contributed by atoms with Crippen molar-refractivity contribution in [3.05, 3.63) is 0 Å². The van der Waals surface area contributed by atoms with E-state index >= 15 is 0 Å². The van der Waals surface area contributed by atoms with Crippen LogP contribution in [0, 0.1) is 0 Å². The van der Waals surface area contributed by atoms with Crippen LogP contribution in [0.3, 0.4) is 0 Å². The van der Waals surface area contributed by atoms with Gasteiger partial charge in [0.25, 0.3) is 0 Å². The first kappa shape index (κ1) is 14.9. The maximum Gasteiger partial charge on any atom is 0.115 e. The summed E-state index contributed by atoms with van der Waals surface area (Å²) in [4.78, 5) is 0. The number of halogens is 1. The van der Waals surface area contributed by atoms with Gasteiger partial charge in [0.1, 0.15) is 6.17 Å². The van der Waals surface area contributed by atoms with E-state index in [9.17, 15) is 4.39 Å². The lowest BCUT2D eigenvalue weighted by Crippen LogP contribution is -2.31. The molecule has 1 nitrogen and oxygen atoms in total. The van der Waals surface area contributed by atoms with E-state index in [-0.39, 0.29) is 6.04 Å². The molecular formula is C15H30FN. The highest BCUT2D eigenvalue weighted by atomic mass is 19.1. The highest BCUT2D eigenvalue weighted by Crippen LogP contribution is 2.18. The fourth-order valence-electron chi connectivity index (χ4n) is 2.69. The molecule has 1 saturated heterocycles. The van der Waals surface area contributed by atoms with Crippen molar-refractivity contribution < 1.29 is 4.39 Å². The van der Waals surface area contributed by atoms with Crippen molar-refractivity contribution in [3.8, 4) is 0 Å². The van der Waals surface area contributed by atoms with Gasteiger partial charge in [-0.05, 0) is 25.8 Å². The van der Waals surface area contributed by atoms with E-state index in [1.54, 1.807) is 0 Å². The van der Waals surface area contributed by atoms with Crippen LogP contribution in [0.2, 0.25) is 0 Å². The van der Waals surface area contributed by atoms with E-state index in [1.807, 2.05) is 0 Å². The van der Waals surface area contributed by atoms with E-state index in [1.165, 1.54) is 44.9 Å². The summed E-state index contributed by atoms with van der Waals surface area (Å²) < 4.78 is 13.7. The summed E-state index contributed by atoms with van der Waals surface area (Å²) in [6.07, 6.45) is 12.8. The zero-order chi connectivity index (χ0) is 12.3. The van der Waals surface area contributed by atoms with E-state index in [0.717, 1.165) is 32.2 Å². The third-order valence-electron chi connectivity index (χ3n) is 3.87. The van der Waals surface area contributed by atoms with Gasteiger partial charge in [0, 0.05) is 6.04 Å². The van der Waals surface area contributed by atoms with Crippen molar-refractivity contribution in [3.63, 3.8) is 0 Å². The van der Waals surface area contributed by atoms with Crippen LogP contribution in [0.5, 0.6) is 0 Å². The van der Waals surface area contributed by atoms with Crippen molar-refractivity contribution in [2.45, 2.75) is 89.8 Å². The summed E-state index contributed by atoms with van der Waals surface area (Å²) >= 11 is 0. The Morgan fingerprint density at radius 2 is 1.71 bits per heavy atom. The first-order chi connectivity index (χ1) is 8.34. The number of hydrogen-bond donors (Lipinski definition) is 1. The molecular weight excluding hydrogens is 213 g/mol. The molecule has 0 bridgehead atoms. The zero-order valence-corrected chi connectivity index (χ0v) is 11.5. The number of nitrogens with one attached hydrogen (secondary N) is 1. The van der Waals surface area contributed by atoms with Gasteiger partial charge in [0.05, 0.1) is 0 Å². The summed E-state index contributed by atoms with van der Waals surface area (Å²) in [5, 5.41) is 3.26. The number of hydrogen-bond acceptors (Lipinski definition) is 1. The lowest BCUT2D eigenvalue weighted by Gasteiger charge is -2.15. The van der Waals surface area contributed by atoms with Gasteiger partial charge in [-0.2, -0.15) is 0 Å². The highest BCUT2D eigenvalue weighted by molar-refractivity contribution is 4.81. The molecule has 0 aromatic heterocycles. The SMILES string of the molecule is CCCCCCCCCCC(F)C1CCCN1. The Labute approximate surface area is 107 Å². The van der Waals surface area contributed by atoms with E-state index in [0.29, 0.717) is 0 Å². The Balaban J connectivity index is 1.83. The summed E-state index contributed by atoms with van der Waals surface area (Å²) in [7, 11) is 0. The molecule has 0 radical (unpaired) electrons. The van der Waals surface area contributed by atoms with Crippen LogP contribution >= 0.6 is 0 Å². The Hall–Kier alpha value is -0.110. The highest BCUT2D eigenvalue weighted by Gasteiger charge is 2.23. The minimum absolute atomic E-state index is 0.166. The molecule has 0 aliphatic carbocycles. The molecule has 102 valence electrons. The molecule has 0 saturated carbocycles. The standard InChI is InChI=1S/C15H30FN/c1-2-3-4-5-6-7-8-9-11-14(16)15-12-10-13-17-15/h14-15,17H,2-13H2,1H3. The first-order valence-corrected chi connectivity index (χ1v) is 7.72. The third-order valence-corrected chi connectivity index (χ3v) is 3.87. The minimum Gasteiger partial charge on any atom is -0.311 e. The Bertz CT molecular complexity index is 166. The second-order valence-electron chi connectivity index (χ2n) is 5.48. The Morgan fingerprint density at radius 3 is 2.29 bits per heavy atom. The van der Waals surface area contributed by atoms with Crippen LogP contribution in [0.1, 0.15) is 77.6 Å². The maximum atomic E-state index is 13.7. The predicted octanol–water partition coefficient (Wildman–Crippen LogP) is 4.61. The molecule has 2 unspecified atom stereocenters. The number of rotatable bonds is 10. The fourth-order valence-corrected chi connectivity index (χ4v) is 2.69. The molecule has 0 spiro atoms. The van der Waals surface area contributed by atoms with Crippen molar-refractivity contribution in [1.29, 1.82) is 0 Å². The molecule has 0 amide bonds. The summed E-state index contributed by atoms with van der Waals surface area (Å²) in [6, 6.07) is 0.166. The Kier molecular flexibility index (Phi) is 8.68. The van der Waals surface area contributed by atoms with Crippen LogP contribution < -0.4 is 5.32 Å². The van der Waals surface area contributed by atoms with Crippen molar-refractivity contribution >= 4 is 0 Å². The minimum atomic E-state index is -0.599. The number of unbranched alkanes of at least 4 members (excludes halogenated alkanes) is 7.